The van der Waals surface area contributed by atoms with Gasteiger partial charge in [-0.2, -0.15) is 5.26 Å². The average molecular weight is 288 g/mol. The molecular weight excluding hydrogens is 268 g/mol. The maximum atomic E-state index is 11.7. The van der Waals surface area contributed by atoms with Crippen LogP contribution in [-0.4, -0.2) is 31.3 Å². The maximum Gasteiger partial charge on any atom is 0.311 e. The second kappa shape index (κ2) is 5.65. The van der Waals surface area contributed by atoms with Gasteiger partial charge in [-0.1, -0.05) is 13.8 Å². The first kappa shape index (κ1) is 15.2. The molecule has 0 aliphatic carbocycles. The minimum atomic E-state index is -0.763. The van der Waals surface area contributed by atoms with Crippen LogP contribution >= 0.6 is 0 Å². The molecule has 1 aromatic rings. The molecule has 1 aliphatic heterocycles. The fourth-order valence-electron chi connectivity index (χ4n) is 2.93. The van der Waals surface area contributed by atoms with Crippen molar-refractivity contribution < 1.29 is 14.6 Å². The van der Waals surface area contributed by atoms with Gasteiger partial charge in [0.1, 0.15) is 11.8 Å². The molecule has 5 nitrogen and oxygen atoms in total. The number of hydrogen-bond donors (Lipinski definition) is 1. The number of anilines is 1. The van der Waals surface area contributed by atoms with E-state index in [0.29, 0.717) is 30.8 Å². The summed E-state index contributed by atoms with van der Waals surface area (Å²) < 4.78 is 5.21. The lowest BCUT2D eigenvalue weighted by atomic mass is 9.76. The molecule has 1 unspecified atom stereocenters. The molecule has 1 N–H and O–H groups in total. The van der Waals surface area contributed by atoms with Crippen molar-refractivity contribution in [3.8, 4) is 11.8 Å². The summed E-state index contributed by atoms with van der Waals surface area (Å²) in [7, 11) is 1.57. The number of methoxy groups -OCH3 is 1. The number of benzene rings is 1. The average Bonchev–Trinajstić information content (AvgIpc) is 2.93. The monoisotopic (exact) mass is 288 g/mol. The third-order valence-electron chi connectivity index (χ3n) is 4.50. The zero-order chi connectivity index (χ0) is 15.6. The van der Waals surface area contributed by atoms with Gasteiger partial charge in [0, 0.05) is 19.2 Å². The van der Waals surface area contributed by atoms with Crippen LogP contribution in [0.2, 0.25) is 0 Å². The van der Waals surface area contributed by atoms with Crippen molar-refractivity contribution in [3.05, 3.63) is 23.8 Å². The van der Waals surface area contributed by atoms with Crippen molar-refractivity contribution in [2.24, 2.45) is 11.3 Å². The highest BCUT2D eigenvalue weighted by Gasteiger charge is 2.47. The first-order valence-electron chi connectivity index (χ1n) is 7.01. The lowest BCUT2D eigenvalue weighted by molar-refractivity contribution is -0.150. The Balaban J connectivity index is 2.37. The van der Waals surface area contributed by atoms with E-state index in [1.807, 2.05) is 18.7 Å². The third kappa shape index (κ3) is 2.54. The molecule has 0 saturated carbocycles. The zero-order valence-electron chi connectivity index (χ0n) is 12.6. The number of carboxylic acid groups (broad SMARTS) is 1. The molecule has 1 aromatic carbocycles. The first-order valence-corrected chi connectivity index (χ1v) is 7.01. The van der Waals surface area contributed by atoms with E-state index < -0.39 is 11.4 Å². The van der Waals surface area contributed by atoms with E-state index in [2.05, 4.69) is 6.07 Å². The molecule has 1 atom stereocenters. The van der Waals surface area contributed by atoms with Crippen molar-refractivity contribution >= 4 is 11.7 Å². The van der Waals surface area contributed by atoms with Crippen LogP contribution in [0.1, 0.15) is 25.8 Å². The van der Waals surface area contributed by atoms with E-state index in [1.165, 1.54) is 0 Å². The van der Waals surface area contributed by atoms with Gasteiger partial charge in [-0.25, -0.2) is 0 Å². The Morgan fingerprint density at radius 3 is 2.71 bits per heavy atom. The molecule has 2 rings (SSSR count). The molecule has 1 heterocycles. The standard InChI is InChI=1S/C16H20N2O3/c1-11(2)16(15(19)20)6-7-18(10-16)14-8-13(21-3)5-4-12(14)9-17/h4-5,8,11H,6-7,10H2,1-3H3,(H,19,20). The summed E-state index contributed by atoms with van der Waals surface area (Å²) in [5.74, 6) is -0.0566. The number of aliphatic carboxylic acids is 1. The van der Waals surface area contributed by atoms with Crippen LogP contribution in [-0.2, 0) is 4.79 Å². The fourth-order valence-corrected chi connectivity index (χ4v) is 2.93. The van der Waals surface area contributed by atoms with Crippen molar-refractivity contribution in [2.45, 2.75) is 20.3 Å². The van der Waals surface area contributed by atoms with Gasteiger partial charge in [-0.3, -0.25) is 4.79 Å². The van der Waals surface area contributed by atoms with Gasteiger partial charge in [0.05, 0.1) is 23.8 Å². The van der Waals surface area contributed by atoms with Crippen LogP contribution < -0.4 is 9.64 Å². The largest absolute Gasteiger partial charge is 0.497 e. The van der Waals surface area contributed by atoms with Crippen LogP contribution in [0, 0.1) is 22.7 Å². The molecule has 1 fully saturated rings. The Kier molecular flexibility index (Phi) is 4.08. The smallest absolute Gasteiger partial charge is 0.311 e. The molecule has 1 aliphatic rings. The van der Waals surface area contributed by atoms with Crippen molar-refractivity contribution in [2.75, 3.05) is 25.1 Å². The first-order chi connectivity index (χ1) is 9.94. The molecule has 0 amide bonds. The molecular formula is C16H20N2O3. The minimum absolute atomic E-state index is 0.0381. The summed E-state index contributed by atoms with van der Waals surface area (Å²) in [4.78, 5) is 13.7. The molecule has 0 spiro atoms. The molecule has 0 bridgehead atoms. The van der Waals surface area contributed by atoms with Crippen molar-refractivity contribution in [1.29, 1.82) is 5.26 Å². The quantitative estimate of drug-likeness (QED) is 0.921. The number of nitriles is 1. The van der Waals surface area contributed by atoms with Gasteiger partial charge < -0.3 is 14.7 Å². The van der Waals surface area contributed by atoms with E-state index in [4.69, 9.17) is 4.74 Å². The molecule has 0 radical (unpaired) electrons. The highest BCUT2D eigenvalue weighted by Crippen LogP contribution is 2.41. The van der Waals surface area contributed by atoms with Gasteiger partial charge in [-0.05, 0) is 24.5 Å². The topological polar surface area (TPSA) is 73.6 Å². The minimum Gasteiger partial charge on any atom is -0.497 e. The van der Waals surface area contributed by atoms with E-state index >= 15 is 0 Å². The van der Waals surface area contributed by atoms with Gasteiger partial charge in [-0.15, -0.1) is 0 Å². The lowest BCUT2D eigenvalue weighted by Gasteiger charge is -2.29. The summed E-state index contributed by atoms with van der Waals surface area (Å²) in [6.07, 6.45) is 0.585. The summed E-state index contributed by atoms with van der Waals surface area (Å²) in [6.45, 7) is 4.93. The van der Waals surface area contributed by atoms with E-state index in [-0.39, 0.29) is 5.92 Å². The van der Waals surface area contributed by atoms with Crippen LogP contribution in [0.3, 0.4) is 0 Å². The van der Waals surface area contributed by atoms with Crippen LogP contribution in [0.25, 0.3) is 0 Å². The van der Waals surface area contributed by atoms with Crippen LogP contribution in [0.4, 0.5) is 5.69 Å². The summed E-state index contributed by atoms with van der Waals surface area (Å²) in [5.41, 5.74) is 0.539. The second-order valence-corrected chi connectivity index (χ2v) is 5.78. The number of rotatable bonds is 4. The predicted molar refractivity (Wildman–Crippen MR) is 79.4 cm³/mol. The normalized spacial score (nSPS) is 21.4. The highest BCUT2D eigenvalue weighted by atomic mass is 16.5. The molecule has 5 heteroatoms. The second-order valence-electron chi connectivity index (χ2n) is 5.78. The molecule has 0 aromatic heterocycles. The van der Waals surface area contributed by atoms with E-state index in [0.717, 1.165) is 5.69 Å². The number of ether oxygens (including phenoxy) is 1. The van der Waals surface area contributed by atoms with Gasteiger partial charge in [0.25, 0.3) is 0 Å². The number of carboxylic acids is 1. The zero-order valence-corrected chi connectivity index (χ0v) is 12.6. The van der Waals surface area contributed by atoms with E-state index in [1.54, 1.807) is 25.3 Å². The van der Waals surface area contributed by atoms with Crippen LogP contribution in [0.5, 0.6) is 5.75 Å². The molecule has 1 saturated heterocycles. The van der Waals surface area contributed by atoms with Gasteiger partial charge in [0.2, 0.25) is 0 Å². The summed E-state index contributed by atoms with van der Waals surface area (Å²) >= 11 is 0. The number of hydrogen-bond acceptors (Lipinski definition) is 4. The number of carbonyl (C=O) groups is 1. The number of nitrogens with zero attached hydrogens (tertiary/aromatic N) is 2. The Hall–Kier alpha value is -2.22. The molecule has 21 heavy (non-hydrogen) atoms. The predicted octanol–water partition coefficient (Wildman–Crippen LogP) is 2.50. The Bertz CT molecular complexity index is 592. The van der Waals surface area contributed by atoms with E-state index in [9.17, 15) is 15.2 Å². The Morgan fingerprint density at radius 2 is 2.24 bits per heavy atom. The highest BCUT2D eigenvalue weighted by molar-refractivity contribution is 5.78. The Morgan fingerprint density at radius 1 is 1.52 bits per heavy atom. The van der Waals surface area contributed by atoms with Crippen molar-refractivity contribution in [3.63, 3.8) is 0 Å². The lowest BCUT2D eigenvalue weighted by Crippen LogP contribution is -2.39. The summed E-state index contributed by atoms with van der Waals surface area (Å²) in [6, 6.07) is 7.42. The third-order valence-corrected chi connectivity index (χ3v) is 4.50. The van der Waals surface area contributed by atoms with Crippen molar-refractivity contribution in [1.82, 2.24) is 0 Å². The fraction of sp³-hybridized carbons (Fsp3) is 0.500. The SMILES string of the molecule is COc1ccc(C#N)c(N2CCC(C(=O)O)(C(C)C)C2)c1. The van der Waals surface area contributed by atoms with Crippen LogP contribution in [0.15, 0.2) is 18.2 Å². The maximum absolute atomic E-state index is 11.7. The Labute approximate surface area is 124 Å². The summed E-state index contributed by atoms with van der Waals surface area (Å²) in [5, 5.41) is 18.9. The van der Waals surface area contributed by atoms with Gasteiger partial charge >= 0.3 is 5.97 Å². The van der Waals surface area contributed by atoms with Gasteiger partial charge in [0.15, 0.2) is 0 Å². The molecule has 112 valence electrons.